The molecule has 6 rings (SSSR count). The number of aromatic nitrogens is 1. The van der Waals surface area contributed by atoms with Crippen LogP contribution in [0.2, 0.25) is 10.0 Å². The number of carbonyl (C=O) groups excluding carboxylic acids is 3. The molecule has 0 unspecified atom stereocenters. The first kappa shape index (κ1) is 31.8. The van der Waals surface area contributed by atoms with Gasteiger partial charge in [-0.05, 0) is 42.2 Å². The molecular weight excluding hydrogens is 641 g/mol. The van der Waals surface area contributed by atoms with Gasteiger partial charge in [0.15, 0.2) is 0 Å². The molecule has 3 amide bonds. The number of rotatable bonds is 6. The van der Waals surface area contributed by atoms with E-state index in [1.807, 2.05) is 45.0 Å². The minimum absolute atomic E-state index is 0.0357. The molecule has 11 nitrogen and oxygen atoms in total. The zero-order chi connectivity index (χ0) is 32.4. The van der Waals surface area contributed by atoms with Crippen LogP contribution in [-0.4, -0.2) is 100 Å². The van der Waals surface area contributed by atoms with Gasteiger partial charge in [0.1, 0.15) is 22.7 Å². The Hall–Kier alpha value is -3.16. The van der Waals surface area contributed by atoms with E-state index in [1.54, 1.807) is 15.9 Å². The van der Waals surface area contributed by atoms with Crippen molar-refractivity contribution in [1.29, 1.82) is 0 Å². The third-order valence-corrected chi connectivity index (χ3v) is 11.6. The number of β-amino-alcohol motifs (C(OH)–C–C–N with tert-alkyl or cyclic N) is 1. The minimum atomic E-state index is -4.25. The molecule has 2 bridgehead atoms. The number of benzene rings is 2. The minimum Gasteiger partial charge on any atom is -0.392 e. The molecule has 3 saturated heterocycles. The van der Waals surface area contributed by atoms with Gasteiger partial charge in [0, 0.05) is 42.0 Å². The average molecular weight is 677 g/mol. The monoisotopic (exact) mass is 675 g/mol. The number of aromatic amines is 1. The van der Waals surface area contributed by atoms with Crippen molar-refractivity contribution in [2.75, 3.05) is 19.6 Å². The molecule has 3 aliphatic heterocycles. The first-order valence-electron chi connectivity index (χ1n) is 14.8. The van der Waals surface area contributed by atoms with E-state index < -0.39 is 39.5 Å². The summed E-state index contributed by atoms with van der Waals surface area (Å²) in [5, 5.41) is 14.4. The van der Waals surface area contributed by atoms with Gasteiger partial charge >= 0.3 is 0 Å². The lowest BCUT2D eigenvalue weighted by molar-refractivity contribution is -0.144. The number of hydrogen-bond donors (Lipinski definition) is 3. The van der Waals surface area contributed by atoms with Gasteiger partial charge in [-0.15, -0.1) is 0 Å². The Morgan fingerprint density at radius 1 is 0.978 bits per heavy atom. The molecule has 240 valence electrons. The van der Waals surface area contributed by atoms with E-state index >= 15 is 0 Å². The Kier molecular flexibility index (Phi) is 8.18. The number of aliphatic hydroxyl groups excluding tert-OH is 1. The van der Waals surface area contributed by atoms with E-state index in [4.69, 9.17) is 23.2 Å². The maximum absolute atomic E-state index is 14.0. The number of carbonyl (C=O) groups is 3. The lowest BCUT2D eigenvalue weighted by Gasteiger charge is -2.40. The predicted molar refractivity (Wildman–Crippen MR) is 169 cm³/mol. The summed E-state index contributed by atoms with van der Waals surface area (Å²) in [6.45, 7) is 5.89. The number of sulfonamides is 1. The van der Waals surface area contributed by atoms with Crippen molar-refractivity contribution in [3.8, 4) is 0 Å². The first-order chi connectivity index (χ1) is 21.1. The summed E-state index contributed by atoms with van der Waals surface area (Å²) in [6.07, 6.45) is -0.552. The quantitative estimate of drug-likeness (QED) is 0.366. The molecule has 0 spiro atoms. The van der Waals surface area contributed by atoms with Crippen LogP contribution in [-0.2, 0) is 19.6 Å². The molecule has 5 atom stereocenters. The molecule has 3 aromatic rings. The van der Waals surface area contributed by atoms with Gasteiger partial charge in [-0.2, -0.15) is 4.31 Å². The Morgan fingerprint density at radius 3 is 2.33 bits per heavy atom. The lowest BCUT2D eigenvalue weighted by atomic mass is 9.85. The highest BCUT2D eigenvalue weighted by molar-refractivity contribution is 7.89. The molecule has 3 N–H and O–H groups in total. The summed E-state index contributed by atoms with van der Waals surface area (Å²) >= 11 is 12.2. The number of nitrogens with zero attached hydrogens (tertiary/aromatic N) is 3. The largest absolute Gasteiger partial charge is 0.392 e. The SMILES string of the molecule is CC(C)(C)[C@H](NC(=O)c1cc2ccccc2[nH]1)C(=O)N1C[C@@H]2C[C@H]1CN2C(=O)[C@@H]1C[C@@H](O)CN1S(=O)(=O)c1cc(Cl)ccc1Cl. The van der Waals surface area contributed by atoms with E-state index in [0.717, 1.165) is 15.2 Å². The van der Waals surface area contributed by atoms with E-state index in [0.29, 0.717) is 12.1 Å². The molecule has 3 fully saturated rings. The maximum atomic E-state index is 14.0. The molecular formula is C31H35Cl2N5O6S. The summed E-state index contributed by atoms with van der Waals surface area (Å²) < 4.78 is 28.2. The molecule has 0 radical (unpaired) electrons. The second-order valence-corrected chi connectivity index (χ2v) is 15.8. The topological polar surface area (TPSA) is 143 Å². The number of likely N-dealkylation sites (tertiary alicyclic amines) is 2. The summed E-state index contributed by atoms with van der Waals surface area (Å²) in [5.41, 5.74) is 0.571. The summed E-state index contributed by atoms with van der Waals surface area (Å²) in [5.74, 6) is -1.04. The second-order valence-electron chi connectivity index (χ2n) is 13.1. The highest BCUT2D eigenvalue weighted by Gasteiger charge is 2.53. The van der Waals surface area contributed by atoms with Crippen molar-refractivity contribution < 1.29 is 27.9 Å². The van der Waals surface area contributed by atoms with Crippen molar-refractivity contribution in [3.05, 3.63) is 64.3 Å². The molecule has 3 aliphatic rings. The summed E-state index contributed by atoms with van der Waals surface area (Å²) in [6, 6.07) is 10.8. The fraction of sp³-hybridized carbons (Fsp3) is 0.452. The van der Waals surface area contributed by atoms with Crippen LogP contribution < -0.4 is 5.32 Å². The van der Waals surface area contributed by atoms with Crippen molar-refractivity contribution in [1.82, 2.24) is 24.4 Å². The van der Waals surface area contributed by atoms with Gasteiger partial charge in [0.2, 0.25) is 21.8 Å². The Morgan fingerprint density at radius 2 is 1.67 bits per heavy atom. The molecule has 45 heavy (non-hydrogen) atoms. The van der Waals surface area contributed by atoms with Gasteiger partial charge in [-0.3, -0.25) is 14.4 Å². The molecule has 4 heterocycles. The van der Waals surface area contributed by atoms with Crippen LogP contribution in [0, 0.1) is 5.41 Å². The van der Waals surface area contributed by atoms with E-state index in [2.05, 4.69) is 10.3 Å². The van der Waals surface area contributed by atoms with Crippen molar-refractivity contribution in [2.45, 2.75) is 68.8 Å². The standard InChI is InChI=1S/C31H35Cl2N5O6S/c1-31(2,3)27(35-28(40)24-10-17-6-4-5-7-23(17)34-24)30(42)37-15-19-12-20(37)14-36(19)29(41)25-13-21(39)16-38(25)45(43,44)26-11-18(32)8-9-22(26)33/h4-11,19-21,25,27,34,39H,12-16H2,1-3H3,(H,35,40)/t19-,20-,21+,25-,27+/m0/s1. The molecule has 0 saturated carbocycles. The highest BCUT2D eigenvalue weighted by Crippen LogP contribution is 2.37. The van der Waals surface area contributed by atoms with Crippen LogP contribution in [0.15, 0.2) is 53.4 Å². The van der Waals surface area contributed by atoms with Gasteiger partial charge in [-0.1, -0.05) is 62.2 Å². The fourth-order valence-electron chi connectivity index (χ4n) is 6.69. The Labute approximate surface area is 271 Å². The third-order valence-electron chi connectivity index (χ3n) is 8.97. The van der Waals surface area contributed by atoms with Crippen LogP contribution in [0.25, 0.3) is 10.9 Å². The van der Waals surface area contributed by atoms with E-state index in [9.17, 15) is 27.9 Å². The number of nitrogens with one attached hydrogen (secondary N) is 2. The van der Waals surface area contributed by atoms with Crippen molar-refractivity contribution in [3.63, 3.8) is 0 Å². The number of fused-ring (bicyclic) bond motifs is 3. The fourth-order valence-corrected chi connectivity index (χ4v) is 9.06. The number of amides is 3. The molecule has 1 aromatic heterocycles. The molecule has 2 aromatic carbocycles. The lowest BCUT2D eigenvalue weighted by Crippen LogP contribution is -2.60. The van der Waals surface area contributed by atoms with Gasteiger partial charge in [0.05, 0.1) is 23.2 Å². The number of halogens is 2. The van der Waals surface area contributed by atoms with Crippen LogP contribution >= 0.6 is 23.2 Å². The third kappa shape index (κ3) is 5.83. The van der Waals surface area contributed by atoms with E-state index in [1.165, 1.54) is 18.2 Å². The Balaban J connectivity index is 1.16. The molecule has 0 aliphatic carbocycles. The van der Waals surface area contributed by atoms with Gasteiger partial charge in [-0.25, -0.2) is 8.42 Å². The highest BCUT2D eigenvalue weighted by atomic mass is 35.5. The zero-order valence-corrected chi connectivity index (χ0v) is 27.4. The number of piperazine rings is 1. The van der Waals surface area contributed by atoms with Crippen LogP contribution in [0.1, 0.15) is 44.1 Å². The smallest absolute Gasteiger partial charge is 0.268 e. The van der Waals surface area contributed by atoms with Crippen molar-refractivity contribution in [2.24, 2.45) is 5.41 Å². The molecule has 14 heteroatoms. The first-order valence-corrected chi connectivity index (χ1v) is 17.0. The predicted octanol–water partition coefficient (Wildman–Crippen LogP) is 3.26. The number of para-hydroxylation sites is 1. The van der Waals surface area contributed by atoms with Crippen LogP contribution in [0.5, 0.6) is 0 Å². The Bertz CT molecular complexity index is 1760. The van der Waals surface area contributed by atoms with Crippen LogP contribution in [0.4, 0.5) is 0 Å². The normalized spacial score (nSPS) is 24.4. The maximum Gasteiger partial charge on any atom is 0.268 e. The van der Waals surface area contributed by atoms with E-state index in [-0.39, 0.29) is 64.9 Å². The summed E-state index contributed by atoms with van der Waals surface area (Å²) in [4.78, 5) is 47.3. The van der Waals surface area contributed by atoms with Crippen molar-refractivity contribution >= 4 is 61.8 Å². The summed E-state index contributed by atoms with van der Waals surface area (Å²) in [7, 11) is -4.25. The van der Waals surface area contributed by atoms with Gasteiger partial charge in [0.25, 0.3) is 5.91 Å². The van der Waals surface area contributed by atoms with Crippen LogP contribution in [0.3, 0.4) is 0 Å². The second kappa shape index (κ2) is 11.6. The zero-order valence-electron chi connectivity index (χ0n) is 25.0. The number of aliphatic hydroxyl groups is 1. The van der Waals surface area contributed by atoms with Gasteiger partial charge < -0.3 is 25.2 Å². The number of H-pyrrole nitrogens is 1. The number of hydrogen-bond acceptors (Lipinski definition) is 6. The average Bonchev–Trinajstić information content (AvgIpc) is 3.78.